The number of benzene rings is 4. The summed E-state index contributed by atoms with van der Waals surface area (Å²) in [6.45, 7) is 0. The Balaban J connectivity index is 0.000000180. The summed E-state index contributed by atoms with van der Waals surface area (Å²) >= 11 is 0. The topological polar surface area (TPSA) is 152 Å². The van der Waals surface area contributed by atoms with Gasteiger partial charge in [-0.2, -0.15) is 0 Å². The lowest BCUT2D eigenvalue weighted by atomic mass is 10.1. The number of fused-ring (bicyclic) bond motifs is 1. The molecule has 8 nitrogen and oxygen atoms in total. The molecule has 5 N–H and O–H groups in total. The third kappa shape index (κ3) is 7.41. The predicted molar refractivity (Wildman–Crippen MR) is 121 cm³/mol. The summed E-state index contributed by atoms with van der Waals surface area (Å²) in [5.74, 6) is -2.83. The number of aromatic hydroxyl groups is 2. The molecule has 0 atom stereocenters. The Labute approximate surface area is 188 Å². The molecule has 0 spiro atoms. The third-order valence-electron chi connectivity index (χ3n) is 4.23. The summed E-state index contributed by atoms with van der Waals surface area (Å²) in [6, 6.07) is 23.6. The summed E-state index contributed by atoms with van der Waals surface area (Å²) in [5, 5.41) is 44.9. The van der Waals surface area contributed by atoms with E-state index in [1.54, 1.807) is 18.2 Å². The average Bonchev–Trinajstić information content (AvgIpc) is 2.79. The highest BCUT2D eigenvalue weighted by atomic mass is 16.4. The molecule has 0 aromatic heterocycles. The van der Waals surface area contributed by atoms with Gasteiger partial charge < -0.3 is 25.5 Å². The standard InChI is InChI=1S/C11H8O2.C8H6O4.C6H6O2/c12-11(13)10-7-3-5-8-4-1-2-6-9(8)10;9-7(10)5-1-2-6(4-3-5)8(11)12;7-5-2-1-3-6(8)4-5/h1-7H,(H,12,13);1-4H,(H,9,10)(H,11,12);1-4,7-8H. The Morgan fingerprint density at radius 3 is 1.39 bits per heavy atom. The molecule has 0 bridgehead atoms. The molecule has 0 amide bonds. The van der Waals surface area contributed by atoms with E-state index >= 15 is 0 Å². The van der Waals surface area contributed by atoms with E-state index in [9.17, 15) is 14.4 Å². The highest BCUT2D eigenvalue weighted by Crippen LogP contribution is 2.18. The zero-order valence-corrected chi connectivity index (χ0v) is 17.1. The number of carboxylic acids is 3. The van der Waals surface area contributed by atoms with Gasteiger partial charge in [0.05, 0.1) is 16.7 Å². The molecule has 0 aliphatic carbocycles. The minimum absolute atomic E-state index is 0.0833. The lowest BCUT2D eigenvalue weighted by Gasteiger charge is -2.00. The molecule has 8 heteroatoms. The van der Waals surface area contributed by atoms with E-state index in [4.69, 9.17) is 25.5 Å². The molecule has 0 aliphatic heterocycles. The summed E-state index contributed by atoms with van der Waals surface area (Å²) in [4.78, 5) is 31.5. The van der Waals surface area contributed by atoms with Gasteiger partial charge in [-0.25, -0.2) is 14.4 Å². The monoisotopic (exact) mass is 448 g/mol. The van der Waals surface area contributed by atoms with Crippen LogP contribution in [0.4, 0.5) is 0 Å². The Kier molecular flexibility index (Phi) is 8.52. The van der Waals surface area contributed by atoms with E-state index < -0.39 is 17.9 Å². The van der Waals surface area contributed by atoms with Gasteiger partial charge in [-0.05, 0) is 53.2 Å². The number of carbonyl (C=O) groups is 3. The van der Waals surface area contributed by atoms with Gasteiger partial charge in [0.1, 0.15) is 11.5 Å². The van der Waals surface area contributed by atoms with E-state index in [1.807, 2.05) is 30.3 Å². The van der Waals surface area contributed by atoms with Crippen LogP contribution in [0, 0.1) is 0 Å². The first-order valence-electron chi connectivity index (χ1n) is 9.44. The van der Waals surface area contributed by atoms with Gasteiger partial charge in [0.2, 0.25) is 0 Å². The van der Waals surface area contributed by atoms with Gasteiger partial charge >= 0.3 is 17.9 Å². The summed E-state index contributed by atoms with van der Waals surface area (Å²) in [6.07, 6.45) is 0. The van der Waals surface area contributed by atoms with Crippen LogP contribution >= 0.6 is 0 Å². The second-order valence-electron chi connectivity index (χ2n) is 6.54. The van der Waals surface area contributed by atoms with Crippen LogP contribution in [0.25, 0.3) is 10.8 Å². The number of hydrogen-bond donors (Lipinski definition) is 5. The lowest BCUT2D eigenvalue weighted by molar-refractivity contribution is 0.0681. The summed E-state index contributed by atoms with van der Waals surface area (Å²) in [5.41, 5.74) is 0.526. The van der Waals surface area contributed by atoms with Crippen molar-refractivity contribution in [3.05, 3.63) is 108 Å². The highest BCUT2D eigenvalue weighted by Gasteiger charge is 2.06. The maximum absolute atomic E-state index is 10.8. The first kappa shape index (κ1) is 24.4. The second-order valence-corrected chi connectivity index (χ2v) is 6.54. The quantitative estimate of drug-likeness (QED) is 0.302. The van der Waals surface area contributed by atoms with E-state index in [2.05, 4.69) is 0 Å². The van der Waals surface area contributed by atoms with Crippen molar-refractivity contribution in [3.63, 3.8) is 0 Å². The number of hydrogen-bond acceptors (Lipinski definition) is 5. The van der Waals surface area contributed by atoms with Gasteiger partial charge in [0.15, 0.2) is 0 Å². The number of phenols is 2. The van der Waals surface area contributed by atoms with Gasteiger partial charge in [-0.15, -0.1) is 0 Å². The summed E-state index contributed by atoms with van der Waals surface area (Å²) in [7, 11) is 0. The van der Waals surface area contributed by atoms with E-state index in [0.717, 1.165) is 10.8 Å². The first-order chi connectivity index (χ1) is 15.7. The van der Waals surface area contributed by atoms with Crippen molar-refractivity contribution in [2.24, 2.45) is 0 Å². The van der Waals surface area contributed by atoms with Crippen LogP contribution in [-0.2, 0) is 0 Å². The predicted octanol–water partition coefficient (Wildman–Crippen LogP) is 4.72. The average molecular weight is 448 g/mol. The zero-order chi connectivity index (χ0) is 24.4. The van der Waals surface area contributed by atoms with Crippen molar-refractivity contribution in [2.75, 3.05) is 0 Å². The van der Waals surface area contributed by atoms with E-state index in [1.165, 1.54) is 42.5 Å². The normalized spacial score (nSPS) is 9.58. The van der Waals surface area contributed by atoms with Gasteiger partial charge in [0.25, 0.3) is 0 Å². The van der Waals surface area contributed by atoms with Gasteiger partial charge in [-0.3, -0.25) is 0 Å². The molecule has 0 aliphatic rings. The van der Waals surface area contributed by atoms with Crippen molar-refractivity contribution in [1.82, 2.24) is 0 Å². The molecular weight excluding hydrogens is 428 g/mol. The van der Waals surface area contributed by atoms with Crippen LogP contribution in [-0.4, -0.2) is 43.4 Å². The number of aromatic carboxylic acids is 3. The number of phenolic OH excluding ortho intramolecular Hbond substituents is 2. The van der Waals surface area contributed by atoms with E-state index in [0.29, 0.717) is 5.56 Å². The van der Waals surface area contributed by atoms with Crippen LogP contribution in [0.5, 0.6) is 11.5 Å². The maximum atomic E-state index is 10.8. The Hall–Kier alpha value is -4.85. The number of carboxylic acid groups (broad SMARTS) is 3. The largest absolute Gasteiger partial charge is 0.508 e. The molecule has 0 heterocycles. The van der Waals surface area contributed by atoms with Crippen molar-refractivity contribution >= 4 is 28.7 Å². The van der Waals surface area contributed by atoms with Crippen LogP contribution in [0.1, 0.15) is 31.1 Å². The molecule has 0 fully saturated rings. The molecule has 4 rings (SSSR count). The van der Waals surface area contributed by atoms with Crippen molar-refractivity contribution in [1.29, 1.82) is 0 Å². The van der Waals surface area contributed by atoms with Crippen LogP contribution in [0.2, 0.25) is 0 Å². The Morgan fingerprint density at radius 2 is 0.970 bits per heavy atom. The maximum Gasteiger partial charge on any atom is 0.336 e. The fourth-order valence-corrected chi connectivity index (χ4v) is 2.66. The molecule has 0 saturated carbocycles. The highest BCUT2D eigenvalue weighted by molar-refractivity contribution is 6.03. The van der Waals surface area contributed by atoms with Crippen LogP contribution in [0.3, 0.4) is 0 Å². The molecule has 33 heavy (non-hydrogen) atoms. The van der Waals surface area contributed by atoms with Crippen molar-refractivity contribution < 1.29 is 39.9 Å². The van der Waals surface area contributed by atoms with Gasteiger partial charge in [0, 0.05) is 6.07 Å². The van der Waals surface area contributed by atoms with Gasteiger partial charge in [-0.1, -0.05) is 42.5 Å². The fraction of sp³-hybridized carbons (Fsp3) is 0. The fourth-order valence-electron chi connectivity index (χ4n) is 2.66. The minimum atomic E-state index is -1.06. The minimum Gasteiger partial charge on any atom is -0.508 e. The Bertz CT molecular complexity index is 1210. The molecular formula is C25H20O8. The van der Waals surface area contributed by atoms with Crippen molar-refractivity contribution in [3.8, 4) is 11.5 Å². The lowest BCUT2D eigenvalue weighted by Crippen LogP contribution is -1.99. The van der Waals surface area contributed by atoms with Crippen LogP contribution < -0.4 is 0 Å². The van der Waals surface area contributed by atoms with Crippen LogP contribution in [0.15, 0.2) is 91.0 Å². The molecule has 4 aromatic carbocycles. The zero-order valence-electron chi connectivity index (χ0n) is 17.1. The van der Waals surface area contributed by atoms with Crippen molar-refractivity contribution in [2.45, 2.75) is 0 Å². The molecule has 168 valence electrons. The Morgan fingerprint density at radius 1 is 0.515 bits per heavy atom. The second kappa shape index (κ2) is 11.5. The molecule has 0 unspecified atom stereocenters. The number of rotatable bonds is 3. The third-order valence-corrected chi connectivity index (χ3v) is 4.23. The first-order valence-corrected chi connectivity index (χ1v) is 9.44. The SMILES string of the molecule is O=C(O)c1ccc(C(=O)O)cc1.O=C(O)c1cccc2ccccc12.Oc1cccc(O)c1. The van der Waals surface area contributed by atoms with E-state index in [-0.39, 0.29) is 22.6 Å². The molecule has 0 saturated heterocycles. The summed E-state index contributed by atoms with van der Waals surface area (Å²) < 4.78 is 0. The molecule has 0 radical (unpaired) electrons. The smallest absolute Gasteiger partial charge is 0.336 e. The molecule has 4 aromatic rings.